The highest BCUT2D eigenvalue weighted by atomic mass is 16.6. The third-order valence-electron chi connectivity index (χ3n) is 4.41. The van der Waals surface area contributed by atoms with E-state index in [0.717, 1.165) is 0 Å². The quantitative estimate of drug-likeness (QED) is 0.177. The van der Waals surface area contributed by atoms with Gasteiger partial charge in [0.1, 0.15) is 38.6 Å². The van der Waals surface area contributed by atoms with Crippen LogP contribution in [0.15, 0.2) is 24.3 Å². The summed E-state index contributed by atoms with van der Waals surface area (Å²) in [6.07, 6.45) is -5.29. The summed E-state index contributed by atoms with van der Waals surface area (Å²) in [6, 6.07) is 5.23. The first-order chi connectivity index (χ1) is 17.8. The molecule has 0 aliphatic carbocycles. The van der Waals surface area contributed by atoms with Gasteiger partial charge in [0.05, 0.1) is 11.1 Å². The molecule has 4 unspecified atom stereocenters. The van der Waals surface area contributed by atoms with Gasteiger partial charge in [-0.25, -0.2) is 28.8 Å². The molecule has 0 aliphatic rings. The summed E-state index contributed by atoms with van der Waals surface area (Å²) in [5.41, 5.74) is 0.198. The molecule has 14 nitrogen and oxygen atoms in total. The maximum absolute atomic E-state index is 12.1. The molecule has 2 N–H and O–H groups in total. The number of aliphatic hydroxyl groups excluding tert-OH is 2. The lowest BCUT2D eigenvalue weighted by atomic mass is 10.1. The van der Waals surface area contributed by atoms with Gasteiger partial charge in [0, 0.05) is 0 Å². The molecule has 0 saturated heterocycles. The number of benzene rings is 1. The number of ether oxygens (including phenoxy) is 6. The van der Waals surface area contributed by atoms with Crippen molar-refractivity contribution in [2.75, 3.05) is 26.4 Å². The van der Waals surface area contributed by atoms with Crippen molar-refractivity contribution in [2.24, 2.45) is 0 Å². The molecule has 0 heterocycles. The highest BCUT2D eigenvalue weighted by molar-refractivity contribution is 5.93. The molecule has 0 saturated carbocycles. The van der Waals surface area contributed by atoms with Crippen LogP contribution in [-0.2, 0) is 47.6 Å². The fourth-order valence-corrected chi connectivity index (χ4v) is 2.34. The molecule has 14 heteroatoms. The molecule has 1 aromatic carbocycles. The summed E-state index contributed by atoms with van der Waals surface area (Å²) >= 11 is 0. The average molecular weight is 542 g/mol. The van der Waals surface area contributed by atoms with Crippen LogP contribution in [0.2, 0.25) is 0 Å². The first kappa shape index (κ1) is 32.0. The molecule has 4 atom stereocenters. The molecule has 0 bridgehead atoms. The number of carbonyl (C=O) groups excluding carboxylic acids is 6. The van der Waals surface area contributed by atoms with Crippen LogP contribution >= 0.6 is 0 Å². The highest BCUT2D eigenvalue weighted by Gasteiger charge is 2.23. The Morgan fingerprint density at radius 1 is 0.553 bits per heavy atom. The van der Waals surface area contributed by atoms with Gasteiger partial charge in [0.2, 0.25) is 0 Å². The second kappa shape index (κ2) is 15.9. The number of hydrogen-bond acceptors (Lipinski definition) is 14. The molecule has 210 valence electrons. The lowest BCUT2D eigenvalue weighted by Crippen LogP contribution is -2.31. The first-order valence-corrected chi connectivity index (χ1v) is 11.4. The van der Waals surface area contributed by atoms with E-state index in [9.17, 15) is 28.8 Å². The number of carbonyl (C=O) groups is 6. The summed E-state index contributed by atoms with van der Waals surface area (Å²) in [6.45, 7) is 3.68. The molecule has 1 rings (SSSR count). The monoisotopic (exact) mass is 542 g/mol. The summed E-state index contributed by atoms with van der Waals surface area (Å²) < 4.78 is 28.9. The summed E-state index contributed by atoms with van der Waals surface area (Å²) in [5, 5.41) is 18.1. The Bertz CT molecular complexity index is 903. The molecule has 0 aromatic heterocycles. The topological polar surface area (TPSA) is 198 Å². The van der Waals surface area contributed by atoms with Gasteiger partial charge in [0.15, 0.2) is 12.2 Å². The summed E-state index contributed by atoms with van der Waals surface area (Å²) in [7, 11) is 0. The molecule has 0 radical (unpaired) electrons. The third-order valence-corrected chi connectivity index (χ3v) is 4.41. The van der Waals surface area contributed by atoms with E-state index in [-0.39, 0.29) is 37.6 Å². The molecular weight excluding hydrogens is 512 g/mol. The fraction of sp³-hybridized carbons (Fsp3) is 0.500. The van der Waals surface area contributed by atoms with Gasteiger partial charge in [-0.15, -0.1) is 0 Å². The smallest absolute Gasteiger partial charge is 0.347 e. The Labute approximate surface area is 217 Å². The fourth-order valence-electron chi connectivity index (χ4n) is 2.34. The van der Waals surface area contributed by atoms with Crippen molar-refractivity contribution in [1.82, 2.24) is 0 Å². The van der Waals surface area contributed by atoms with Crippen molar-refractivity contribution in [3.8, 4) is 0 Å². The maximum Gasteiger partial charge on any atom is 0.347 e. The van der Waals surface area contributed by atoms with Gasteiger partial charge in [-0.05, 0) is 52.0 Å². The molecule has 38 heavy (non-hydrogen) atoms. The largest absolute Gasteiger partial charge is 0.459 e. The van der Waals surface area contributed by atoms with Crippen LogP contribution in [0, 0.1) is 0 Å². The van der Waals surface area contributed by atoms with Crippen LogP contribution in [0.4, 0.5) is 0 Å². The predicted octanol–water partition coefficient (Wildman–Crippen LogP) is -0.288. The maximum atomic E-state index is 12.1. The van der Waals surface area contributed by atoms with Crippen LogP contribution in [0.25, 0.3) is 0 Å². The zero-order chi connectivity index (χ0) is 28.8. The standard InChI is InChI=1S/C24H30O14/c1-13(25)19(27)37-15(3)21(29)33-9-11-35-23(31)17-5-7-18(8-6-17)24(32)36-12-10-34-22(30)16(4)38-20(28)14(2)26/h5-8,13-16,25-26H,9-12H2,1-4H3. The average Bonchev–Trinajstić information content (AvgIpc) is 2.88. The van der Waals surface area contributed by atoms with Crippen molar-refractivity contribution in [2.45, 2.75) is 52.1 Å². The number of aliphatic hydroxyl groups is 2. The second-order valence-electron chi connectivity index (χ2n) is 7.69. The van der Waals surface area contributed by atoms with E-state index in [1.807, 2.05) is 0 Å². The Balaban J connectivity index is 2.36. The van der Waals surface area contributed by atoms with Gasteiger partial charge < -0.3 is 38.6 Å². The van der Waals surface area contributed by atoms with Crippen LogP contribution < -0.4 is 0 Å². The Kier molecular flexibility index (Phi) is 13.4. The van der Waals surface area contributed by atoms with Gasteiger partial charge in [0.25, 0.3) is 0 Å². The molecule has 0 aliphatic heterocycles. The van der Waals surface area contributed by atoms with Crippen LogP contribution in [0.1, 0.15) is 48.4 Å². The SMILES string of the molecule is CC(O)C(=O)OC(C)C(=O)OCCOC(=O)c1ccc(C(=O)OCCOC(=O)C(C)OC(=O)C(C)O)cc1. The molecule has 1 aromatic rings. The van der Waals surface area contributed by atoms with E-state index in [1.165, 1.54) is 52.0 Å². The number of hydrogen-bond donors (Lipinski definition) is 2. The number of esters is 6. The molecule has 0 amide bonds. The van der Waals surface area contributed by atoms with E-state index in [0.29, 0.717) is 0 Å². The van der Waals surface area contributed by atoms with Crippen LogP contribution in [0.5, 0.6) is 0 Å². The molecular formula is C24H30O14. The Hall–Kier alpha value is -4.04. The minimum atomic E-state index is -1.39. The Morgan fingerprint density at radius 2 is 0.842 bits per heavy atom. The summed E-state index contributed by atoms with van der Waals surface area (Å²) in [5.74, 6) is -5.26. The van der Waals surface area contributed by atoms with E-state index in [2.05, 4.69) is 9.47 Å². The van der Waals surface area contributed by atoms with Crippen LogP contribution in [-0.4, -0.2) is 96.9 Å². The van der Waals surface area contributed by atoms with Gasteiger partial charge in [-0.2, -0.15) is 0 Å². The van der Waals surface area contributed by atoms with Crippen molar-refractivity contribution in [3.63, 3.8) is 0 Å². The van der Waals surface area contributed by atoms with Crippen molar-refractivity contribution in [3.05, 3.63) is 35.4 Å². The lowest BCUT2D eigenvalue weighted by Gasteiger charge is -2.14. The van der Waals surface area contributed by atoms with E-state index >= 15 is 0 Å². The van der Waals surface area contributed by atoms with Crippen molar-refractivity contribution < 1.29 is 67.4 Å². The highest BCUT2D eigenvalue weighted by Crippen LogP contribution is 2.08. The lowest BCUT2D eigenvalue weighted by molar-refractivity contribution is -0.171. The third kappa shape index (κ3) is 11.3. The first-order valence-electron chi connectivity index (χ1n) is 11.4. The van der Waals surface area contributed by atoms with E-state index in [1.54, 1.807) is 0 Å². The zero-order valence-electron chi connectivity index (χ0n) is 21.2. The molecule has 0 spiro atoms. The van der Waals surface area contributed by atoms with Gasteiger partial charge >= 0.3 is 35.8 Å². The zero-order valence-corrected chi connectivity index (χ0v) is 21.2. The van der Waals surface area contributed by atoms with Gasteiger partial charge in [-0.1, -0.05) is 0 Å². The van der Waals surface area contributed by atoms with Gasteiger partial charge in [-0.3, -0.25) is 0 Å². The normalized spacial score (nSPS) is 13.6. The van der Waals surface area contributed by atoms with E-state index < -0.39 is 60.2 Å². The molecule has 0 fully saturated rings. The van der Waals surface area contributed by atoms with Crippen molar-refractivity contribution in [1.29, 1.82) is 0 Å². The van der Waals surface area contributed by atoms with Crippen LogP contribution in [0.3, 0.4) is 0 Å². The van der Waals surface area contributed by atoms with E-state index in [4.69, 9.17) is 29.2 Å². The predicted molar refractivity (Wildman–Crippen MR) is 123 cm³/mol. The second-order valence-corrected chi connectivity index (χ2v) is 7.69. The number of rotatable bonds is 14. The minimum absolute atomic E-state index is 0.0989. The summed E-state index contributed by atoms with van der Waals surface area (Å²) in [4.78, 5) is 70.1. The Morgan fingerprint density at radius 3 is 1.13 bits per heavy atom. The minimum Gasteiger partial charge on any atom is -0.459 e. The van der Waals surface area contributed by atoms with Crippen molar-refractivity contribution >= 4 is 35.8 Å².